The first kappa shape index (κ1) is 19.4. The van der Waals surface area contributed by atoms with Gasteiger partial charge >= 0.3 is 5.97 Å². The number of anilines is 1. The summed E-state index contributed by atoms with van der Waals surface area (Å²) in [6, 6.07) is 6.32. The Kier molecular flexibility index (Phi) is 5.65. The number of carbonyl (C=O) groups excluding carboxylic acids is 2. The first-order valence-electron chi connectivity index (χ1n) is 8.26. The Bertz CT molecular complexity index is 961. The van der Waals surface area contributed by atoms with Gasteiger partial charge in [-0.1, -0.05) is 11.6 Å². The van der Waals surface area contributed by atoms with E-state index in [1.807, 2.05) is 0 Å². The van der Waals surface area contributed by atoms with E-state index in [-0.39, 0.29) is 28.4 Å². The van der Waals surface area contributed by atoms with Crippen molar-refractivity contribution in [2.24, 2.45) is 0 Å². The second-order valence-corrected chi connectivity index (χ2v) is 6.08. The molecule has 0 unspecified atom stereocenters. The van der Waals surface area contributed by atoms with Gasteiger partial charge in [0, 0.05) is 29.8 Å². The molecule has 2 aromatic carbocycles. The van der Waals surface area contributed by atoms with Gasteiger partial charge in [0.05, 0.1) is 27.8 Å². The average Bonchev–Trinajstić information content (AvgIpc) is 2.68. The van der Waals surface area contributed by atoms with E-state index in [9.17, 15) is 19.7 Å². The fourth-order valence-electron chi connectivity index (χ4n) is 2.53. The maximum absolute atomic E-state index is 12.6. The van der Waals surface area contributed by atoms with E-state index in [0.29, 0.717) is 24.7 Å². The molecule has 9 nitrogen and oxygen atoms in total. The number of carbonyl (C=O) groups is 2. The molecule has 0 saturated carbocycles. The number of fused-ring (bicyclic) bond motifs is 1. The topological polar surface area (TPSA) is 117 Å². The number of amides is 1. The van der Waals surface area contributed by atoms with E-state index < -0.39 is 22.5 Å². The highest BCUT2D eigenvalue weighted by molar-refractivity contribution is 6.34. The molecule has 1 aliphatic heterocycles. The molecule has 0 aliphatic carbocycles. The number of nitro groups is 1. The fraction of sp³-hybridized carbons (Fsp3) is 0.222. The molecule has 146 valence electrons. The molecule has 10 heteroatoms. The molecule has 0 spiro atoms. The largest absolute Gasteiger partial charge is 0.486 e. The summed E-state index contributed by atoms with van der Waals surface area (Å²) in [6.45, 7) is 2.44. The number of esters is 1. The summed E-state index contributed by atoms with van der Waals surface area (Å²) in [6.07, 6.45) is 0. The van der Waals surface area contributed by atoms with Crippen LogP contribution in [-0.2, 0) is 4.74 Å². The summed E-state index contributed by atoms with van der Waals surface area (Å²) in [5.74, 6) is -0.586. The van der Waals surface area contributed by atoms with Gasteiger partial charge in [0.1, 0.15) is 13.2 Å². The first-order valence-corrected chi connectivity index (χ1v) is 8.64. The molecule has 0 aromatic heterocycles. The lowest BCUT2D eigenvalue weighted by molar-refractivity contribution is -0.384. The molecule has 0 saturated heterocycles. The molecular formula is C18H15ClN2O7. The number of nitrogens with zero attached hydrogens (tertiary/aromatic N) is 1. The highest BCUT2D eigenvalue weighted by Gasteiger charge is 2.21. The Balaban J connectivity index is 1.92. The number of nitro benzene ring substituents is 1. The minimum atomic E-state index is -0.766. The van der Waals surface area contributed by atoms with Crippen LogP contribution >= 0.6 is 11.6 Å². The van der Waals surface area contributed by atoms with Crippen LogP contribution in [0.15, 0.2) is 30.3 Å². The molecule has 0 bridgehead atoms. The van der Waals surface area contributed by atoms with Crippen LogP contribution in [0.25, 0.3) is 0 Å². The lowest BCUT2D eigenvalue weighted by atomic mass is 10.1. The number of nitrogens with one attached hydrogen (secondary N) is 1. The smallest absolute Gasteiger partial charge is 0.338 e. The van der Waals surface area contributed by atoms with Crippen LogP contribution in [0.4, 0.5) is 11.4 Å². The van der Waals surface area contributed by atoms with E-state index in [0.717, 1.165) is 12.1 Å². The third-order valence-corrected chi connectivity index (χ3v) is 4.09. The van der Waals surface area contributed by atoms with Crippen molar-refractivity contribution in [2.75, 3.05) is 25.1 Å². The molecule has 1 heterocycles. The van der Waals surface area contributed by atoms with Gasteiger partial charge < -0.3 is 19.5 Å². The molecule has 1 N–H and O–H groups in total. The average molecular weight is 407 g/mol. The quantitative estimate of drug-likeness (QED) is 0.459. The van der Waals surface area contributed by atoms with Gasteiger partial charge in [-0.2, -0.15) is 0 Å². The molecule has 0 atom stereocenters. The van der Waals surface area contributed by atoms with Crippen molar-refractivity contribution in [1.82, 2.24) is 0 Å². The maximum Gasteiger partial charge on any atom is 0.338 e. The summed E-state index contributed by atoms with van der Waals surface area (Å²) in [7, 11) is 0. The molecule has 3 rings (SSSR count). The second-order valence-electron chi connectivity index (χ2n) is 5.68. The molecule has 28 heavy (non-hydrogen) atoms. The van der Waals surface area contributed by atoms with Crippen LogP contribution in [0.5, 0.6) is 11.5 Å². The van der Waals surface area contributed by atoms with Crippen LogP contribution in [0.2, 0.25) is 5.02 Å². The molecule has 0 fully saturated rings. The molecule has 0 radical (unpaired) electrons. The van der Waals surface area contributed by atoms with Crippen molar-refractivity contribution in [2.45, 2.75) is 6.92 Å². The van der Waals surface area contributed by atoms with Crippen molar-refractivity contribution < 1.29 is 28.7 Å². The third kappa shape index (κ3) is 4.15. The van der Waals surface area contributed by atoms with Gasteiger partial charge in [-0.3, -0.25) is 14.9 Å². The number of hydrogen-bond acceptors (Lipinski definition) is 7. The van der Waals surface area contributed by atoms with Gasteiger partial charge in [-0.15, -0.1) is 0 Å². The Morgan fingerprint density at radius 2 is 1.79 bits per heavy atom. The summed E-state index contributed by atoms with van der Waals surface area (Å²) in [4.78, 5) is 35.0. The van der Waals surface area contributed by atoms with Crippen LogP contribution in [-0.4, -0.2) is 36.6 Å². The van der Waals surface area contributed by atoms with E-state index >= 15 is 0 Å². The monoisotopic (exact) mass is 406 g/mol. The zero-order valence-electron chi connectivity index (χ0n) is 14.7. The highest BCUT2D eigenvalue weighted by atomic mass is 35.5. The predicted octanol–water partition coefficient (Wildman–Crippen LogP) is 3.45. The number of benzene rings is 2. The second kappa shape index (κ2) is 8.13. The zero-order chi connectivity index (χ0) is 20.3. The Morgan fingerprint density at radius 1 is 1.14 bits per heavy atom. The number of halogens is 1. The molecule has 1 amide bonds. The fourth-order valence-corrected chi connectivity index (χ4v) is 2.74. The van der Waals surface area contributed by atoms with Crippen molar-refractivity contribution in [1.29, 1.82) is 0 Å². The number of ether oxygens (including phenoxy) is 3. The summed E-state index contributed by atoms with van der Waals surface area (Å²) < 4.78 is 15.7. The SMILES string of the molecule is CCOC(=O)c1cc(C(=O)Nc2cc3c(cc2Cl)OCCO3)cc([N+](=O)[O-])c1. The van der Waals surface area contributed by atoms with E-state index in [1.54, 1.807) is 6.92 Å². The molecule has 1 aliphatic rings. The van der Waals surface area contributed by atoms with Gasteiger partial charge in [0.25, 0.3) is 11.6 Å². The Labute approximate surface area is 164 Å². The van der Waals surface area contributed by atoms with Crippen LogP contribution < -0.4 is 14.8 Å². The summed E-state index contributed by atoms with van der Waals surface area (Å²) in [5.41, 5.74) is -0.373. The standard InChI is InChI=1S/C18H15ClN2O7/c1-2-26-18(23)11-5-10(6-12(7-11)21(24)25)17(22)20-14-9-16-15(8-13(14)19)27-3-4-28-16/h5-9H,2-4H2,1H3,(H,20,22). The van der Waals surface area contributed by atoms with Crippen molar-refractivity contribution in [3.63, 3.8) is 0 Å². The lowest BCUT2D eigenvalue weighted by Crippen LogP contribution is -2.17. The van der Waals surface area contributed by atoms with Crippen molar-refractivity contribution in [3.8, 4) is 11.5 Å². The van der Waals surface area contributed by atoms with E-state index in [2.05, 4.69) is 5.32 Å². The van der Waals surface area contributed by atoms with Gasteiger partial charge in [0.15, 0.2) is 11.5 Å². The lowest BCUT2D eigenvalue weighted by Gasteiger charge is -2.20. The zero-order valence-corrected chi connectivity index (χ0v) is 15.4. The number of non-ortho nitro benzene ring substituents is 1. The van der Waals surface area contributed by atoms with E-state index in [4.69, 9.17) is 25.8 Å². The van der Waals surface area contributed by atoms with Crippen LogP contribution in [0.3, 0.4) is 0 Å². The third-order valence-electron chi connectivity index (χ3n) is 3.78. The van der Waals surface area contributed by atoms with Gasteiger partial charge in [0.2, 0.25) is 0 Å². The van der Waals surface area contributed by atoms with Crippen LogP contribution in [0, 0.1) is 10.1 Å². The van der Waals surface area contributed by atoms with Gasteiger partial charge in [-0.05, 0) is 13.0 Å². The number of rotatable bonds is 5. The highest BCUT2D eigenvalue weighted by Crippen LogP contribution is 2.38. The van der Waals surface area contributed by atoms with Crippen LogP contribution in [0.1, 0.15) is 27.6 Å². The number of hydrogen-bond donors (Lipinski definition) is 1. The predicted molar refractivity (Wildman–Crippen MR) is 99.4 cm³/mol. The minimum absolute atomic E-state index is 0.0931. The molecule has 2 aromatic rings. The Morgan fingerprint density at radius 3 is 2.43 bits per heavy atom. The molecular weight excluding hydrogens is 392 g/mol. The summed E-state index contributed by atoms with van der Waals surface area (Å²) >= 11 is 6.16. The first-order chi connectivity index (χ1) is 13.4. The minimum Gasteiger partial charge on any atom is -0.486 e. The Hall–Kier alpha value is -3.33. The normalized spacial score (nSPS) is 12.2. The summed E-state index contributed by atoms with van der Waals surface area (Å²) in [5, 5.41) is 13.9. The van der Waals surface area contributed by atoms with Gasteiger partial charge in [-0.25, -0.2) is 4.79 Å². The van der Waals surface area contributed by atoms with Crippen molar-refractivity contribution >= 4 is 34.9 Å². The van der Waals surface area contributed by atoms with Crippen molar-refractivity contribution in [3.05, 3.63) is 56.6 Å². The van der Waals surface area contributed by atoms with E-state index in [1.165, 1.54) is 18.2 Å². The maximum atomic E-state index is 12.6.